The molecule has 1 saturated heterocycles. The Bertz CT molecular complexity index is 908. The lowest BCUT2D eigenvalue weighted by Gasteiger charge is -2.38. The summed E-state index contributed by atoms with van der Waals surface area (Å²) in [6, 6.07) is 3.03. The average molecular weight is 408 g/mol. The number of fused-ring (bicyclic) bond motifs is 3. The highest BCUT2D eigenvalue weighted by molar-refractivity contribution is 7.91. The number of halogens is 2. The zero-order valence-electron chi connectivity index (χ0n) is 15.3. The van der Waals surface area contributed by atoms with E-state index in [0.717, 1.165) is 43.0 Å². The van der Waals surface area contributed by atoms with Gasteiger partial charge in [0.2, 0.25) is 0 Å². The van der Waals surface area contributed by atoms with E-state index in [0.29, 0.717) is 30.5 Å². The van der Waals surface area contributed by atoms with Crippen LogP contribution in [0.25, 0.3) is 0 Å². The minimum absolute atomic E-state index is 0.0856. The lowest BCUT2D eigenvalue weighted by molar-refractivity contribution is -0.0536. The molecule has 4 atom stereocenters. The monoisotopic (exact) mass is 408 g/mol. The van der Waals surface area contributed by atoms with E-state index in [-0.39, 0.29) is 11.6 Å². The summed E-state index contributed by atoms with van der Waals surface area (Å²) in [6.07, 6.45) is 0.883. The van der Waals surface area contributed by atoms with Crippen molar-refractivity contribution in [2.75, 3.05) is 12.4 Å². The van der Waals surface area contributed by atoms with Gasteiger partial charge in [-0.1, -0.05) is 0 Å². The van der Waals surface area contributed by atoms with Gasteiger partial charge in [0, 0.05) is 54.9 Å². The van der Waals surface area contributed by atoms with E-state index in [4.69, 9.17) is 10.5 Å². The standard InChI is InChI=1S/C19H22F2N4O2S/c20-11-2-3-14(21)13(6-11)18-15(22)7-12(10-27-18)24-8-16-17(9-24)25-4-1-5-28(26)19(25)23-16/h2-3,6,12,15,18H,1,4-5,7-10,22H2/t12-,15+,18-,28?/m1/s1. The van der Waals surface area contributed by atoms with Gasteiger partial charge in [-0.15, -0.1) is 0 Å². The van der Waals surface area contributed by atoms with Crippen molar-refractivity contribution in [1.29, 1.82) is 0 Å². The summed E-state index contributed by atoms with van der Waals surface area (Å²) in [4.78, 5) is 6.88. The Morgan fingerprint density at radius 1 is 1.29 bits per heavy atom. The summed E-state index contributed by atoms with van der Waals surface area (Å²) < 4.78 is 47.8. The first kappa shape index (κ1) is 18.5. The number of ether oxygens (including phenoxy) is 1. The van der Waals surface area contributed by atoms with Crippen LogP contribution in [0.5, 0.6) is 0 Å². The maximum absolute atomic E-state index is 14.1. The van der Waals surface area contributed by atoms with E-state index in [9.17, 15) is 13.3 Å². The fourth-order valence-electron chi connectivity index (χ4n) is 4.51. The summed E-state index contributed by atoms with van der Waals surface area (Å²) in [5.74, 6) is -0.313. The Hall–Kier alpha value is -1.52. The summed E-state index contributed by atoms with van der Waals surface area (Å²) in [5.41, 5.74) is 8.59. The number of nitrogens with two attached hydrogens (primary N) is 1. The Balaban J connectivity index is 1.29. The van der Waals surface area contributed by atoms with Gasteiger partial charge in [-0.25, -0.2) is 8.78 Å². The number of rotatable bonds is 2. The maximum atomic E-state index is 14.1. The quantitative estimate of drug-likeness (QED) is 0.768. The zero-order chi connectivity index (χ0) is 19.4. The van der Waals surface area contributed by atoms with Crippen LogP contribution in [0, 0.1) is 11.6 Å². The van der Waals surface area contributed by atoms with Crippen molar-refractivity contribution in [2.24, 2.45) is 5.73 Å². The lowest BCUT2D eigenvalue weighted by atomic mass is 9.93. The number of hydrogen-bond donors (Lipinski definition) is 1. The molecule has 1 unspecified atom stereocenters. The number of imidazole rings is 1. The highest BCUT2D eigenvalue weighted by atomic mass is 32.2. The van der Waals surface area contributed by atoms with Crippen LogP contribution < -0.4 is 5.73 Å². The van der Waals surface area contributed by atoms with Crippen LogP contribution >= 0.6 is 0 Å². The van der Waals surface area contributed by atoms with Gasteiger partial charge in [-0.3, -0.25) is 9.47 Å². The first-order chi connectivity index (χ1) is 13.5. The summed E-state index contributed by atoms with van der Waals surface area (Å²) in [7, 11) is 0. The SMILES string of the molecule is N[C@H]1C[C@@H](N2Cc3nc4n(c3C2)CCC[S+]4[O-])CO[C@@H]1c1cc(F)ccc1F. The van der Waals surface area contributed by atoms with Crippen LogP contribution in [-0.4, -0.2) is 43.4 Å². The number of benzene rings is 1. The van der Waals surface area contributed by atoms with E-state index in [1.54, 1.807) is 0 Å². The van der Waals surface area contributed by atoms with Crippen LogP contribution in [-0.2, 0) is 35.5 Å². The fourth-order valence-corrected chi connectivity index (χ4v) is 5.75. The number of aromatic nitrogens is 2. The van der Waals surface area contributed by atoms with Crippen LogP contribution in [0.1, 0.15) is 35.9 Å². The molecule has 1 aromatic heterocycles. The molecule has 4 heterocycles. The topological polar surface area (TPSA) is 79.4 Å². The molecule has 0 saturated carbocycles. The molecule has 0 bridgehead atoms. The van der Waals surface area contributed by atoms with E-state index in [1.165, 1.54) is 6.07 Å². The summed E-state index contributed by atoms with van der Waals surface area (Å²) in [6.45, 7) is 2.65. The van der Waals surface area contributed by atoms with Crippen molar-refractivity contribution in [3.8, 4) is 0 Å². The number of hydrogen-bond acceptors (Lipinski definition) is 5. The van der Waals surface area contributed by atoms with Crippen LogP contribution in [0.15, 0.2) is 23.4 Å². The number of nitrogens with zero attached hydrogens (tertiary/aromatic N) is 3. The maximum Gasteiger partial charge on any atom is 0.323 e. The normalized spacial score (nSPS) is 30.3. The Morgan fingerprint density at radius 2 is 2.14 bits per heavy atom. The molecule has 1 fully saturated rings. The molecule has 28 heavy (non-hydrogen) atoms. The van der Waals surface area contributed by atoms with E-state index >= 15 is 0 Å². The van der Waals surface area contributed by atoms with Gasteiger partial charge in [-0.2, -0.15) is 4.98 Å². The molecule has 3 aliphatic heterocycles. The molecule has 2 aromatic rings. The second kappa shape index (κ2) is 7.07. The molecule has 0 spiro atoms. The van der Waals surface area contributed by atoms with Crippen LogP contribution in [0.3, 0.4) is 0 Å². The third kappa shape index (κ3) is 3.05. The lowest BCUT2D eigenvalue weighted by Crippen LogP contribution is -2.48. The van der Waals surface area contributed by atoms with Gasteiger partial charge in [-0.05, 0) is 24.6 Å². The summed E-state index contributed by atoms with van der Waals surface area (Å²) in [5, 5.41) is 0.703. The van der Waals surface area contributed by atoms with E-state index in [1.807, 2.05) is 0 Å². The van der Waals surface area contributed by atoms with Gasteiger partial charge in [0.1, 0.15) is 23.5 Å². The Kier molecular flexibility index (Phi) is 4.67. The van der Waals surface area contributed by atoms with Gasteiger partial charge >= 0.3 is 5.16 Å². The first-order valence-electron chi connectivity index (χ1n) is 9.54. The molecule has 1 aromatic carbocycles. The molecule has 2 N–H and O–H groups in total. The molecule has 5 rings (SSSR count). The van der Waals surface area contributed by atoms with Gasteiger partial charge in [0.25, 0.3) is 0 Å². The molecule has 3 aliphatic rings. The fraction of sp³-hybridized carbons (Fsp3) is 0.526. The highest BCUT2D eigenvalue weighted by Gasteiger charge is 2.39. The largest absolute Gasteiger partial charge is 0.609 e. The summed E-state index contributed by atoms with van der Waals surface area (Å²) >= 11 is -1.00. The highest BCUT2D eigenvalue weighted by Crippen LogP contribution is 2.35. The van der Waals surface area contributed by atoms with Gasteiger partial charge < -0.3 is 15.0 Å². The zero-order valence-corrected chi connectivity index (χ0v) is 16.1. The van der Waals surface area contributed by atoms with Crippen molar-refractivity contribution in [3.63, 3.8) is 0 Å². The van der Waals surface area contributed by atoms with Gasteiger partial charge in [0.15, 0.2) is 0 Å². The minimum atomic E-state index is -1.00. The van der Waals surface area contributed by atoms with Crippen molar-refractivity contribution in [3.05, 3.63) is 46.8 Å². The smallest absolute Gasteiger partial charge is 0.323 e. The molecule has 0 amide bonds. The van der Waals surface area contributed by atoms with Crippen molar-refractivity contribution >= 4 is 11.2 Å². The molecule has 9 heteroatoms. The second-order valence-electron chi connectivity index (χ2n) is 7.72. The molecule has 6 nitrogen and oxygen atoms in total. The molecule has 0 radical (unpaired) electrons. The van der Waals surface area contributed by atoms with E-state index < -0.39 is 35.0 Å². The molecular formula is C19H22F2N4O2S. The second-order valence-corrected chi connectivity index (χ2v) is 9.19. The predicted octanol–water partition coefficient (Wildman–Crippen LogP) is 1.85. The van der Waals surface area contributed by atoms with Crippen molar-refractivity contribution in [2.45, 2.75) is 55.8 Å². The van der Waals surface area contributed by atoms with Crippen LogP contribution in [0.2, 0.25) is 0 Å². The van der Waals surface area contributed by atoms with Gasteiger partial charge in [0.05, 0.1) is 18.0 Å². The van der Waals surface area contributed by atoms with E-state index in [2.05, 4.69) is 14.5 Å². The molecular weight excluding hydrogens is 386 g/mol. The minimum Gasteiger partial charge on any atom is -0.609 e. The first-order valence-corrected chi connectivity index (χ1v) is 10.9. The third-order valence-electron chi connectivity index (χ3n) is 5.92. The Morgan fingerprint density at radius 3 is 2.96 bits per heavy atom. The van der Waals surface area contributed by atoms with Crippen molar-refractivity contribution < 1.29 is 18.1 Å². The third-order valence-corrected chi connectivity index (χ3v) is 7.30. The van der Waals surface area contributed by atoms with Crippen molar-refractivity contribution in [1.82, 2.24) is 14.5 Å². The Labute approximate surface area is 164 Å². The molecule has 0 aliphatic carbocycles. The van der Waals surface area contributed by atoms with Crippen LogP contribution in [0.4, 0.5) is 8.78 Å². The molecule has 150 valence electrons. The predicted molar refractivity (Wildman–Crippen MR) is 98.8 cm³/mol. The average Bonchev–Trinajstić information content (AvgIpc) is 3.23.